The molecule has 2 rings (SSSR count). The summed E-state index contributed by atoms with van der Waals surface area (Å²) >= 11 is 0. The number of hydrogen-bond donors (Lipinski definition) is 1. The molecule has 0 radical (unpaired) electrons. The molecule has 0 spiro atoms. The number of hydrogen-bond acceptors (Lipinski definition) is 1. The van der Waals surface area contributed by atoms with Crippen LogP contribution in [0.2, 0.25) is 0 Å². The zero-order valence-electron chi connectivity index (χ0n) is 13.4. The first-order valence-electron chi connectivity index (χ1n) is 7.60. The van der Waals surface area contributed by atoms with Crippen molar-refractivity contribution >= 4 is 0 Å². The lowest BCUT2D eigenvalue weighted by Gasteiger charge is -2.12. The monoisotopic (exact) mass is 285 g/mol. The van der Waals surface area contributed by atoms with E-state index in [0.717, 1.165) is 24.1 Å². The van der Waals surface area contributed by atoms with E-state index in [0.29, 0.717) is 6.54 Å². The Kier molecular flexibility index (Phi) is 5.13. The van der Waals surface area contributed by atoms with Crippen LogP contribution in [0.25, 0.3) is 11.1 Å². The van der Waals surface area contributed by atoms with E-state index in [1.807, 2.05) is 12.1 Å². The molecule has 1 N–H and O–H groups in total. The summed E-state index contributed by atoms with van der Waals surface area (Å²) in [5, 5.41) is 3.27. The Bertz CT molecular complexity index is 632. The fraction of sp³-hybridized carbons (Fsp3) is 0.368. The molecule has 2 aromatic carbocycles. The van der Waals surface area contributed by atoms with Crippen LogP contribution in [0.15, 0.2) is 30.3 Å². The van der Waals surface area contributed by atoms with E-state index in [9.17, 15) is 4.39 Å². The van der Waals surface area contributed by atoms with Crippen LogP contribution in [0.4, 0.5) is 4.39 Å². The second kappa shape index (κ2) is 6.86. The van der Waals surface area contributed by atoms with Gasteiger partial charge < -0.3 is 5.32 Å². The average Bonchev–Trinajstić information content (AvgIpc) is 2.45. The minimum Gasteiger partial charge on any atom is -0.313 e. The summed E-state index contributed by atoms with van der Waals surface area (Å²) in [7, 11) is 0. The predicted molar refractivity (Wildman–Crippen MR) is 88.0 cm³/mol. The smallest absolute Gasteiger partial charge is 0.127 e. The van der Waals surface area contributed by atoms with Gasteiger partial charge in [0.1, 0.15) is 5.82 Å². The Morgan fingerprint density at radius 1 is 0.952 bits per heavy atom. The topological polar surface area (TPSA) is 12.0 Å². The Morgan fingerprint density at radius 2 is 1.67 bits per heavy atom. The van der Waals surface area contributed by atoms with Crippen LogP contribution in [0.3, 0.4) is 0 Å². The third-order valence-electron chi connectivity index (χ3n) is 3.94. The molecule has 2 heteroatoms. The number of benzene rings is 2. The first-order valence-corrected chi connectivity index (χ1v) is 7.60. The van der Waals surface area contributed by atoms with Gasteiger partial charge in [-0.05, 0) is 73.7 Å². The van der Waals surface area contributed by atoms with Crippen molar-refractivity contribution in [1.82, 2.24) is 5.32 Å². The van der Waals surface area contributed by atoms with Gasteiger partial charge in [-0.1, -0.05) is 25.1 Å². The summed E-state index contributed by atoms with van der Waals surface area (Å²) in [6.07, 6.45) is 1.05. The lowest BCUT2D eigenvalue weighted by Crippen LogP contribution is -2.14. The normalized spacial score (nSPS) is 10.9. The summed E-state index contributed by atoms with van der Waals surface area (Å²) in [4.78, 5) is 0. The fourth-order valence-corrected chi connectivity index (χ4v) is 2.55. The molecule has 0 amide bonds. The summed E-state index contributed by atoms with van der Waals surface area (Å²) in [5.41, 5.74) is 6.81. The molecule has 0 aliphatic rings. The second-order valence-corrected chi connectivity index (χ2v) is 5.73. The van der Waals surface area contributed by atoms with Crippen LogP contribution in [0.1, 0.15) is 35.6 Å². The maximum absolute atomic E-state index is 13.9. The molecule has 112 valence electrons. The van der Waals surface area contributed by atoms with Crippen LogP contribution in [0.5, 0.6) is 0 Å². The van der Waals surface area contributed by atoms with E-state index in [-0.39, 0.29) is 5.82 Å². The van der Waals surface area contributed by atoms with Crippen molar-refractivity contribution in [2.45, 2.75) is 40.7 Å². The van der Waals surface area contributed by atoms with Crippen LogP contribution in [-0.4, -0.2) is 6.54 Å². The SMILES string of the molecule is CCCNCc1cc(-c2cc(C)c(C)cc2C)ccc1F. The van der Waals surface area contributed by atoms with Gasteiger partial charge in [0.05, 0.1) is 0 Å². The molecule has 0 saturated carbocycles. The molecule has 0 unspecified atom stereocenters. The average molecular weight is 285 g/mol. The molecule has 0 fully saturated rings. The minimum absolute atomic E-state index is 0.135. The highest BCUT2D eigenvalue weighted by Crippen LogP contribution is 2.28. The summed E-state index contributed by atoms with van der Waals surface area (Å²) in [6.45, 7) is 9.95. The van der Waals surface area contributed by atoms with Gasteiger partial charge in [-0.15, -0.1) is 0 Å². The highest BCUT2D eigenvalue weighted by Gasteiger charge is 2.08. The number of rotatable bonds is 5. The highest BCUT2D eigenvalue weighted by atomic mass is 19.1. The zero-order valence-corrected chi connectivity index (χ0v) is 13.4. The summed E-state index contributed by atoms with van der Waals surface area (Å²) < 4.78 is 13.9. The van der Waals surface area contributed by atoms with Crippen LogP contribution >= 0.6 is 0 Å². The molecule has 1 nitrogen and oxygen atoms in total. The van der Waals surface area contributed by atoms with Crippen molar-refractivity contribution in [2.24, 2.45) is 0 Å². The molecule has 0 aromatic heterocycles. The minimum atomic E-state index is -0.135. The molecule has 0 bridgehead atoms. The molecule has 0 aliphatic carbocycles. The van der Waals surface area contributed by atoms with E-state index in [1.165, 1.54) is 22.3 Å². The lowest BCUT2D eigenvalue weighted by molar-refractivity contribution is 0.587. The third kappa shape index (κ3) is 3.70. The van der Waals surface area contributed by atoms with E-state index in [1.54, 1.807) is 6.07 Å². The Hall–Kier alpha value is -1.67. The van der Waals surface area contributed by atoms with Crippen molar-refractivity contribution in [2.75, 3.05) is 6.54 Å². The standard InChI is InChI=1S/C19H24FN/c1-5-8-21-12-17-11-16(6-7-19(17)20)18-10-14(3)13(2)9-15(18)4/h6-7,9-11,21H,5,8,12H2,1-4H3. The van der Waals surface area contributed by atoms with E-state index in [2.05, 4.69) is 45.1 Å². The first-order chi connectivity index (χ1) is 10.0. The van der Waals surface area contributed by atoms with Gasteiger partial charge in [-0.2, -0.15) is 0 Å². The molecule has 0 heterocycles. The first kappa shape index (κ1) is 15.7. The Morgan fingerprint density at radius 3 is 2.38 bits per heavy atom. The quantitative estimate of drug-likeness (QED) is 0.769. The fourth-order valence-electron chi connectivity index (χ4n) is 2.55. The van der Waals surface area contributed by atoms with Crippen LogP contribution in [0, 0.1) is 26.6 Å². The van der Waals surface area contributed by atoms with Gasteiger partial charge in [0.2, 0.25) is 0 Å². The van der Waals surface area contributed by atoms with Crippen LogP contribution < -0.4 is 5.32 Å². The van der Waals surface area contributed by atoms with Crippen molar-refractivity contribution in [3.05, 3.63) is 58.4 Å². The van der Waals surface area contributed by atoms with E-state index < -0.39 is 0 Å². The Balaban J connectivity index is 2.36. The molecular weight excluding hydrogens is 261 g/mol. The number of nitrogens with one attached hydrogen (secondary N) is 1. The van der Waals surface area contributed by atoms with Gasteiger partial charge in [0.15, 0.2) is 0 Å². The van der Waals surface area contributed by atoms with Crippen molar-refractivity contribution in [1.29, 1.82) is 0 Å². The molecule has 0 aliphatic heterocycles. The van der Waals surface area contributed by atoms with Gasteiger partial charge in [-0.3, -0.25) is 0 Å². The van der Waals surface area contributed by atoms with Gasteiger partial charge in [-0.25, -0.2) is 4.39 Å². The van der Waals surface area contributed by atoms with Gasteiger partial charge in [0.25, 0.3) is 0 Å². The largest absolute Gasteiger partial charge is 0.313 e. The van der Waals surface area contributed by atoms with Gasteiger partial charge >= 0.3 is 0 Å². The van der Waals surface area contributed by atoms with Crippen molar-refractivity contribution in [3.8, 4) is 11.1 Å². The zero-order chi connectivity index (χ0) is 15.4. The van der Waals surface area contributed by atoms with Crippen LogP contribution in [-0.2, 0) is 6.54 Å². The predicted octanol–water partition coefficient (Wildman–Crippen LogP) is 4.92. The maximum atomic E-state index is 13.9. The molecule has 2 aromatic rings. The van der Waals surface area contributed by atoms with Gasteiger partial charge in [0, 0.05) is 12.1 Å². The molecular formula is C19H24FN. The Labute approximate surface area is 127 Å². The van der Waals surface area contributed by atoms with Crippen molar-refractivity contribution < 1.29 is 4.39 Å². The third-order valence-corrected chi connectivity index (χ3v) is 3.94. The van der Waals surface area contributed by atoms with E-state index >= 15 is 0 Å². The molecule has 21 heavy (non-hydrogen) atoms. The molecule has 0 atom stereocenters. The maximum Gasteiger partial charge on any atom is 0.127 e. The lowest BCUT2D eigenvalue weighted by atomic mass is 9.94. The number of aryl methyl sites for hydroxylation is 3. The summed E-state index contributed by atoms with van der Waals surface area (Å²) in [5.74, 6) is -0.135. The molecule has 0 saturated heterocycles. The highest BCUT2D eigenvalue weighted by molar-refractivity contribution is 5.69. The number of halogens is 1. The second-order valence-electron chi connectivity index (χ2n) is 5.73. The van der Waals surface area contributed by atoms with Crippen molar-refractivity contribution in [3.63, 3.8) is 0 Å². The van der Waals surface area contributed by atoms with E-state index in [4.69, 9.17) is 0 Å². The summed E-state index contributed by atoms with van der Waals surface area (Å²) in [6, 6.07) is 9.81.